The molecule has 26 heavy (non-hydrogen) atoms. The van der Waals surface area contributed by atoms with Gasteiger partial charge in [-0.15, -0.1) is 0 Å². The van der Waals surface area contributed by atoms with Crippen LogP contribution in [-0.4, -0.2) is 52.1 Å². The van der Waals surface area contributed by atoms with Crippen LogP contribution < -0.4 is 4.72 Å². The zero-order valence-corrected chi connectivity index (χ0v) is 16.9. The normalized spacial score (nSPS) is 18.7. The highest BCUT2D eigenvalue weighted by atomic mass is 35.5. The Labute approximate surface area is 160 Å². The van der Waals surface area contributed by atoms with Gasteiger partial charge in [0, 0.05) is 12.6 Å². The molecular formula is C18H27ClN2O4S. The maximum Gasteiger partial charge on any atom is 0.339 e. The molecule has 0 amide bonds. The van der Waals surface area contributed by atoms with Gasteiger partial charge in [-0.1, -0.05) is 24.9 Å². The lowest BCUT2D eigenvalue weighted by Crippen LogP contribution is -2.40. The maximum atomic E-state index is 12.5. The van der Waals surface area contributed by atoms with Crippen LogP contribution in [-0.2, 0) is 14.8 Å². The van der Waals surface area contributed by atoms with Gasteiger partial charge in [-0.25, -0.2) is 17.9 Å². The number of sulfonamides is 1. The van der Waals surface area contributed by atoms with Gasteiger partial charge in [0.25, 0.3) is 0 Å². The molecule has 1 heterocycles. The van der Waals surface area contributed by atoms with E-state index >= 15 is 0 Å². The molecule has 8 heteroatoms. The lowest BCUT2D eigenvalue weighted by molar-refractivity contribution is 0.0600. The van der Waals surface area contributed by atoms with Gasteiger partial charge in [-0.05, 0) is 57.0 Å². The largest absolute Gasteiger partial charge is 0.465 e. The average molecular weight is 403 g/mol. The van der Waals surface area contributed by atoms with Gasteiger partial charge in [-0.3, -0.25) is 0 Å². The number of likely N-dealkylation sites (tertiary alicyclic amines) is 1. The van der Waals surface area contributed by atoms with Gasteiger partial charge in [0.2, 0.25) is 10.0 Å². The average Bonchev–Trinajstić information content (AvgIpc) is 2.65. The van der Waals surface area contributed by atoms with Crippen LogP contribution in [0.2, 0.25) is 5.02 Å². The summed E-state index contributed by atoms with van der Waals surface area (Å²) in [6.07, 6.45) is 5.59. The number of carbonyl (C=O) groups excluding carboxylic acids is 1. The van der Waals surface area contributed by atoms with Crippen molar-refractivity contribution in [3.8, 4) is 0 Å². The number of piperidine rings is 1. The molecule has 2 rings (SSSR count). The van der Waals surface area contributed by atoms with Gasteiger partial charge in [0.05, 0.1) is 22.6 Å². The number of carbonyl (C=O) groups is 1. The second-order valence-electron chi connectivity index (χ2n) is 6.48. The summed E-state index contributed by atoms with van der Waals surface area (Å²) in [5.41, 5.74) is 0.0381. The number of methoxy groups -OCH3 is 1. The summed E-state index contributed by atoms with van der Waals surface area (Å²) >= 11 is 5.94. The highest BCUT2D eigenvalue weighted by Gasteiger charge is 2.21. The number of halogens is 1. The molecule has 1 aliphatic rings. The van der Waals surface area contributed by atoms with Gasteiger partial charge in [0.1, 0.15) is 0 Å². The molecule has 1 aromatic carbocycles. The molecular weight excluding hydrogens is 376 g/mol. The molecule has 0 radical (unpaired) electrons. The fourth-order valence-corrected chi connectivity index (χ4v) is 4.62. The zero-order chi connectivity index (χ0) is 19.2. The number of nitrogens with one attached hydrogen (secondary N) is 1. The first kappa shape index (κ1) is 21.2. The van der Waals surface area contributed by atoms with Gasteiger partial charge >= 0.3 is 5.97 Å². The smallest absolute Gasteiger partial charge is 0.339 e. The number of rotatable bonds is 8. The Hall–Kier alpha value is -1.15. The SMILES string of the molecule is CC[C@H]1CCCCN1CCCNS(=O)(=O)c1ccc(Cl)c(C(=O)OC)c1. The van der Waals surface area contributed by atoms with Gasteiger partial charge < -0.3 is 9.64 Å². The molecule has 0 bridgehead atoms. The van der Waals surface area contributed by atoms with Crippen molar-refractivity contribution in [1.29, 1.82) is 0 Å². The molecule has 6 nitrogen and oxygen atoms in total. The fraction of sp³-hybridized carbons (Fsp3) is 0.611. The minimum atomic E-state index is -3.70. The van der Waals surface area contributed by atoms with E-state index in [0.717, 1.165) is 25.9 Å². The first-order chi connectivity index (χ1) is 12.4. The zero-order valence-electron chi connectivity index (χ0n) is 15.3. The van der Waals surface area contributed by atoms with E-state index in [9.17, 15) is 13.2 Å². The highest BCUT2D eigenvalue weighted by molar-refractivity contribution is 7.89. The molecule has 1 aromatic rings. The molecule has 0 aromatic heterocycles. The molecule has 1 N–H and O–H groups in total. The van der Waals surface area contributed by atoms with Crippen LogP contribution in [0.1, 0.15) is 49.4 Å². The third kappa shape index (κ3) is 5.42. The Morgan fingerprint density at radius 3 is 2.85 bits per heavy atom. The van der Waals surface area contributed by atoms with Crippen molar-refractivity contribution in [2.24, 2.45) is 0 Å². The number of hydrogen-bond acceptors (Lipinski definition) is 5. The standard InChI is InChI=1S/C18H27ClN2O4S/c1-3-14-7-4-5-11-21(14)12-6-10-20-26(23,24)15-8-9-17(19)16(13-15)18(22)25-2/h8-9,13-14,20H,3-7,10-12H2,1-2H3/t14-/m0/s1. The predicted molar refractivity (Wildman–Crippen MR) is 102 cm³/mol. The predicted octanol–water partition coefficient (Wildman–Crippen LogP) is 3.06. The molecule has 0 spiro atoms. The van der Waals surface area contributed by atoms with Crippen LogP contribution >= 0.6 is 11.6 Å². The van der Waals surface area contributed by atoms with Crippen molar-refractivity contribution < 1.29 is 17.9 Å². The van der Waals surface area contributed by atoms with E-state index in [1.54, 1.807) is 0 Å². The molecule has 0 unspecified atom stereocenters. The van der Waals surface area contributed by atoms with E-state index in [0.29, 0.717) is 12.6 Å². The highest BCUT2D eigenvalue weighted by Crippen LogP contribution is 2.22. The number of hydrogen-bond donors (Lipinski definition) is 1. The molecule has 0 saturated carbocycles. The van der Waals surface area contributed by atoms with Crippen LogP contribution in [0.4, 0.5) is 0 Å². The van der Waals surface area contributed by atoms with Crippen molar-refractivity contribution in [3.05, 3.63) is 28.8 Å². The summed E-state index contributed by atoms with van der Waals surface area (Å²) in [4.78, 5) is 14.1. The van der Waals surface area contributed by atoms with Gasteiger partial charge in [0.15, 0.2) is 0 Å². The van der Waals surface area contributed by atoms with E-state index in [4.69, 9.17) is 11.6 Å². The summed E-state index contributed by atoms with van der Waals surface area (Å²) in [6, 6.07) is 4.63. The molecule has 1 aliphatic heterocycles. The first-order valence-electron chi connectivity index (χ1n) is 9.00. The van der Waals surface area contributed by atoms with E-state index in [2.05, 4.69) is 21.3 Å². The molecule has 146 valence electrons. The van der Waals surface area contributed by atoms with Crippen molar-refractivity contribution in [3.63, 3.8) is 0 Å². The molecule has 1 saturated heterocycles. The fourth-order valence-electron chi connectivity index (χ4n) is 3.33. The van der Waals surface area contributed by atoms with Crippen LogP contribution in [0, 0.1) is 0 Å². The van der Waals surface area contributed by atoms with Crippen LogP contribution in [0.25, 0.3) is 0 Å². The number of esters is 1. The van der Waals surface area contributed by atoms with Crippen molar-refractivity contribution in [1.82, 2.24) is 9.62 Å². The number of ether oxygens (including phenoxy) is 1. The summed E-state index contributed by atoms with van der Waals surface area (Å²) in [5, 5.41) is 0.159. The van der Waals surface area contributed by atoms with Gasteiger partial charge in [-0.2, -0.15) is 0 Å². The summed E-state index contributed by atoms with van der Waals surface area (Å²) in [7, 11) is -2.47. The van der Waals surface area contributed by atoms with Crippen molar-refractivity contribution in [2.75, 3.05) is 26.7 Å². The van der Waals surface area contributed by atoms with Crippen molar-refractivity contribution >= 4 is 27.6 Å². The van der Waals surface area contributed by atoms with Crippen LogP contribution in [0.5, 0.6) is 0 Å². The van der Waals surface area contributed by atoms with E-state index in [-0.39, 0.29) is 15.5 Å². The second-order valence-corrected chi connectivity index (χ2v) is 8.65. The lowest BCUT2D eigenvalue weighted by atomic mass is 10.00. The first-order valence-corrected chi connectivity index (χ1v) is 10.9. The van der Waals surface area contributed by atoms with Crippen molar-refractivity contribution in [2.45, 2.75) is 50.0 Å². The second kappa shape index (κ2) is 9.69. The summed E-state index contributed by atoms with van der Waals surface area (Å²) < 4.78 is 32.1. The summed E-state index contributed by atoms with van der Waals surface area (Å²) in [6.45, 7) is 4.52. The topological polar surface area (TPSA) is 75.7 Å². The maximum absolute atomic E-state index is 12.5. The molecule has 1 fully saturated rings. The minimum Gasteiger partial charge on any atom is -0.465 e. The Bertz CT molecular complexity index is 724. The Kier molecular flexibility index (Phi) is 7.88. The minimum absolute atomic E-state index is 0.00621. The third-order valence-electron chi connectivity index (χ3n) is 4.79. The number of benzene rings is 1. The Morgan fingerprint density at radius 1 is 1.38 bits per heavy atom. The quantitative estimate of drug-likeness (QED) is 0.534. The van der Waals surface area contributed by atoms with E-state index in [1.165, 1.54) is 44.6 Å². The van der Waals surface area contributed by atoms with Crippen LogP contribution in [0.15, 0.2) is 23.1 Å². The molecule has 0 aliphatic carbocycles. The molecule has 1 atom stereocenters. The monoisotopic (exact) mass is 402 g/mol. The summed E-state index contributed by atoms with van der Waals surface area (Å²) in [5.74, 6) is -0.664. The third-order valence-corrected chi connectivity index (χ3v) is 6.58. The number of nitrogens with zero attached hydrogens (tertiary/aromatic N) is 1. The lowest BCUT2D eigenvalue weighted by Gasteiger charge is -2.35. The Balaban J connectivity index is 1.93. The Morgan fingerprint density at radius 2 is 2.15 bits per heavy atom. The van der Waals surface area contributed by atoms with E-state index in [1.807, 2.05) is 0 Å². The van der Waals surface area contributed by atoms with Crippen LogP contribution in [0.3, 0.4) is 0 Å². The van der Waals surface area contributed by atoms with E-state index < -0.39 is 16.0 Å².